The lowest BCUT2D eigenvalue weighted by atomic mass is 9.79. The Hall–Kier alpha value is -6.28. The van der Waals surface area contributed by atoms with Gasteiger partial charge in [0, 0.05) is 11.3 Å². The first kappa shape index (κ1) is 33.8. The molecule has 1 heteroatoms. The Morgan fingerprint density at radius 1 is 0.466 bits per heavy atom. The Balaban J connectivity index is 1.19. The number of hydrogen-bond donors (Lipinski definition) is 0. The fraction of sp³-hybridized carbons (Fsp3) is 0.123. The molecular formula is C57H44Si. The van der Waals surface area contributed by atoms with Crippen molar-refractivity contribution in [1.29, 1.82) is 0 Å². The van der Waals surface area contributed by atoms with Crippen molar-refractivity contribution in [2.75, 3.05) is 0 Å². The van der Waals surface area contributed by atoms with Crippen molar-refractivity contribution in [2.24, 2.45) is 0 Å². The lowest BCUT2D eigenvalue weighted by Gasteiger charge is -2.25. The summed E-state index contributed by atoms with van der Waals surface area (Å²) in [6.07, 6.45) is 6.18. The lowest BCUT2D eigenvalue weighted by Crippen LogP contribution is -2.49. The summed E-state index contributed by atoms with van der Waals surface area (Å²) < 4.78 is 0. The van der Waals surface area contributed by atoms with E-state index in [1.807, 2.05) is 0 Å². The molecule has 0 saturated carbocycles. The summed E-state index contributed by atoms with van der Waals surface area (Å²) in [4.78, 5) is 0. The average Bonchev–Trinajstić information content (AvgIpc) is 3.63. The van der Waals surface area contributed by atoms with E-state index < -0.39 is 8.07 Å². The van der Waals surface area contributed by atoms with Crippen LogP contribution in [0.5, 0.6) is 0 Å². The van der Waals surface area contributed by atoms with Crippen LogP contribution in [-0.4, -0.2) is 8.07 Å². The Labute approximate surface area is 341 Å². The zero-order valence-electron chi connectivity index (χ0n) is 33.5. The molecular weight excluding hydrogens is 713 g/mol. The molecule has 1 atom stereocenters. The molecule has 1 aliphatic heterocycles. The molecule has 0 radical (unpaired) electrons. The van der Waals surface area contributed by atoms with E-state index >= 15 is 0 Å². The van der Waals surface area contributed by atoms with E-state index in [-0.39, 0.29) is 11.3 Å². The zero-order chi connectivity index (χ0) is 38.9. The van der Waals surface area contributed by atoms with Gasteiger partial charge in [0.1, 0.15) is 8.07 Å². The second-order valence-corrected chi connectivity index (χ2v) is 22.3. The van der Waals surface area contributed by atoms with E-state index in [1.165, 1.54) is 104 Å². The molecule has 3 aliphatic rings. The van der Waals surface area contributed by atoms with Gasteiger partial charge in [0.05, 0.1) is 0 Å². The molecule has 0 saturated heterocycles. The fourth-order valence-electron chi connectivity index (χ4n) is 11.1. The SMILES string of the molecule is CC1(C)c2ccccc2-c2ccc(C3C=c4c(-c5ccc6ccccc6c5)c5cc6c(cc5c(-c5ccc7ccccc7c5)c4=CC3)-c3ccccc3[Si]6(C)C)cc21. The smallest absolute Gasteiger partial charge is 0.0751 e. The van der Waals surface area contributed by atoms with E-state index in [0.29, 0.717) is 0 Å². The predicted octanol–water partition coefficient (Wildman–Crippen LogP) is 12.3. The van der Waals surface area contributed by atoms with Crippen molar-refractivity contribution < 1.29 is 0 Å². The van der Waals surface area contributed by atoms with E-state index in [2.05, 4.69) is 203 Å². The zero-order valence-corrected chi connectivity index (χ0v) is 34.5. The van der Waals surface area contributed by atoms with Gasteiger partial charge in [-0.3, -0.25) is 0 Å². The van der Waals surface area contributed by atoms with Crippen molar-refractivity contribution in [3.8, 4) is 44.5 Å². The first-order valence-electron chi connectivity index (χ1n) is 20.9. The maximum atomic E-state index is 2.64. The topological polar surface area (TPSA) is 0 Å². The largest absolute Gasteiger partial charge is 0.113 e. The van der Waals surface area contributed by atoms with Crippen LogP contribution in [-0.2, 0) is 5.41 Å². The Bertz CT molecular complexity index is 3380. The van der Waals surface area contributed by atoms with Crippen LogP contribution in [0, 0.1) is 0 Å². The second kappa shape index (κ2) is 12.1. The standard InChI is InChI=1S/C57H44Si/c1-57(2)51-19-11-9-17-43(51)44-27-25-40(32-52(44)57)39-26-28-46-48(31-39)56(42-24-22-36-14-6-8-16-38(36)30-42)50-34-54-47(45-18-10-12-20-53(45)58(54,3)4)33-49(50)55(46)41-23-21-35-13-5-7-15-37(35)29-41/h5-25,27-34,39H,26H2,1-4H3. The molecule has 2 aliphatic carbocycles. The number of rotatable bonds is 3. The maximum Gasteiger partial charge on any atom is 0.113 e. The van der Waals surface area contributed by atoms with Crippen LogP contribution in [0.4, 0.5) is 0 Å². The third-order valence-corrected chi connectivity index (χ3v) is 17.7. The molecule has 9 aromatic carbocycles. The van der Waals surface area contributed by atoms with Crippen molar-refractivity contribution in [2.45, 2.75) is 44.7 Å². The van der Waals surface area contributed by atoms with E-state index in [0.717, 1.165) is 6.42 Å². The number of benzene rings is 9. The summed E-state index contributed by atoms with van der Waals surface area (Å²) in [6.45, 7) is 9.89. The highest BCUT2D eigenvalue weighted by molar-refractivity contribution is 7.04. The van der Waals surface area contributed by atoms with Crippen LogP contribution in [0.3, 0.4) is 0 Å². The third kappa shape index (κ3) is 4.74. The summed E-state index contributed by atoms with van der Waals surface area (Å²) in [5, 5.41) is 13.6. The molecule has 0 bridgehead atoms. The molecule has 1 unspecified atom stereocenters. The minimum absolute atomic E-state index is 0.0391. The van der Waals surface area contributed by atoms with Crippen LogP contribution in [0.25, 0.3) is 89.0 Å². The molecule has 12 rings (SSSR count). The van der Waals surface area contributed by atoms with Gasteiger partial charge in [-0.1, -0.05) is 185 Å². The molecule has 0 spiro atoms. The quantitative estimate of drug-likeness (QED) is 0.158. The Morgan fingerprint density at radius 2 is 1.05 bits per heavy atom. The maximum absolute atomic E-state index is 2.64. The van der Waals surface area contributed by atoms with Gasteiger partial charge in [-0.05, 0) is 139 Å². The highest BCUT2D eigenvalue weighted by Gasteiger charge is 2.39. The van der Waals surface area contributed by atoms with Crippen LogP contribution in [0.2, 0.25) is 13.1 Å². The summed E-state index contributed by atoms with van der Waals surface area (Å²) >= 11 is 0. The van der Waals surface area contributed by atoms with Gasteiger partial charge in [0.25, 0.3) is 0 Å². The molecule has 0 aromatic heterocycles. The van der Waals surface area contributed by atoms with Gasteiger partial charge < -0.3 is 0 Å². The van der Waals surface area contributed by atoms with Gasteiger partial charge in [-0.15, -0.1) is 0 Å². The van der Waals surface area contributed by atoms with E-state index in [1.54, 1.807) is 10.4 Å². The monoisotopic (exact) mass is 756 g/mol. The molecule has 0 nitrogen and oxygen atoms in total. The van der Waals surface area contributed by atoms with E-state index in [9.17, 15) is 0 Å². The van der Waals surface area contributed by atoms with E-state index in [4.69, 9.17) is 0 Å². The van der Waals surface area contributed by atoms with Crippen molar-refractivity contribution in [1.82, 2.24) is 0 Å². The van der Waals surface area contributed by atoms with Gasteiger partial charge in [-0.25, -0.2) is 0 Å². The third-order valence-electron chi connectivity index (χ3n) is 14.1. The normalized spacial score (nSPS) is 16.6. The minimum atomic E-state index is -1.97. The Kier molecular flexibility index (Phi) is 7.07. The summed E-state index contributed by atoms with van der Waals surface area (Å²) in [6, 6.07) is 62.7. The lowest BCUT2D eigenvalue weighted by molar-refractivity contribution is 0.658. The van der Waals surface area contributed by atoms with Gasteiger partial charge in [-0.2, -0.15) is 0 Å². The van der Waals surface area contributed by atoms with Gasteiger partial charge in [0.15, 0.2) is 0 Å². The minimum Gasteiger partial charge on any atom is -0.0751 e. The van der Waals surface area contributed by atoms with Crippen LogP contribution in [0.1, 0.15) is 42.9 Å². The summed E-state index contributed by atoms with van der Waals surface area (Å²) in [5.74, 6) is 0.253. The first-order chi connectivity index (χ1) is 28.3. The first-order valence-corrected chi connectivity index (χ1v) is 23.9. The molecule has 0 amide bonds. The predicted molar refractivity (Wildman–Crippen MR) is 252 cm³/mol. The highest BCUT2D eigenvalue weighted by Crippen LogP contribution is 2.49. The van der Waals surface area contributed by atoms with Crippen molar-refractivity contribution in [3.63, 3.8) is 0 Å². The second-order valence-electron chi connectivity index (χ2n) is 18.0. The molecule has 0 N–H and O–H groups in total. The van der Waals surface area contributed by atoms with Crippen LogP contribution >= 0.6 is 0 Å². The fourth-order valence-corrected chi connectivity index (χ4v) is 14.2. The van der Waals surface area contributed by atoms with Gasteiger partial charge >= 0.3 is 0 Å². The van der Waals surface area contributed by atoms with Crippen LogP contribution < -0.4 is 20.8 Å². The number of hydrogen-bond acceptors (Lipinski definition) is 0. The Morgan fingerprint density at radius 3 is 1.78 bits per heavy atom. The average molecular weight is 757 g/mol. The molecule has 0 fully saturated rings. The highest BCUT2D eigenvalue weighted by atomic mass is 28.3. The molecule has 1 heterocycles. The number of fused-ring (bicyclic) bond motifs is 10. The van der Waals surface area contributed by atoms with Crippen molar-refractivity contribution in [3.05, 3.63) is 191 Å². The molecule has 9 aromatic rings. The van der Waals surface area contributed by atoms with Gasteiger partial charge in [0.2, 0.25) is 0 Å². The van der Waals surface area contributed by atoms with Crippen molar-refractivity contribution >= 4 is 62.9 Å². The summed E-state index contributed by atoms with van der Waals surface area (Å²) in [7, 11) is -1.97. The molecule has 58 heavy (non-hydrogen) atoms. The molecule has 276 valence electrons. The van der Waals surface area contributed by atoms with Crippen LogP contribution in [0.15, 0.2) is 164 Å². The summed E-state index contributed by atoms with van der Waals surface area (Å²) in [5.41, 5.74) is 15.1.